The Morgan fingerprint density at radius 2 is 1.94 bits per heavy atom. The van der Waals surface area contributed by atoms with Gasteiger partial charge in [-0.25, -0.2) is 0 Å². The van der Waals surface area contributed by atoms with Crippen molar-refractivity contribution in [2.24, 2.45) is 0 Å². The number of nitrogens with one attached hydrogen (secondary N) is 1. The standard InChI is InChI=1S/C12H7ClN2S/c13-10-6-11(8-4-2-1-3-5-8)15-12(16)9(10)7-14/h1-6H,(H,15,16). The summed E-state index contributed by atoms with van der Waals surface area (Å²) in [6, 6.07) is 13.4. The first-order chi connectivity index (χ1) is 7.72. The van der Waals surface area contributed by atoms with Crippen LogP contribution in [0.25, 0.3) is 11.3 Å². The topological polar surface area (TPSA) is 39.6 Å². The molecule has 0 atom stereocenters. The lowest BCUT2D eigenvalue weighted by atomic mass is 10.1. The fourth-order valence-corrected chi connectivity index (χ4v) is 1.97. The van der Waals surface area contributed by atoms with Gasteiger partial charge in [0.25, 0.3) is 0 Å². The molecule has 0 aliphatic rings. The summed E-state index contributed by atoms with van der Waals surface area (Å²) in [4.78, 5) is 2.99. The third kappa shape index (κ3) is 1.99. The van der Waals surface area contributed by atoms with E-state index in [0.717, 1.165) is 11.3 Å². The lowest BCUT2D eigenvalue weighted by Gasteiger charge is -2.03. The minimum absolute atomic E-state index is 0.316. The van der Waals surface area contributed by atoms with Gasteiger partial charge in [-0.15, -0.1) is 0 Å². The lowest BCUT2D eigenvalue weighted by Crippen LogP contribution is -1.88. The minimum atomic E-state index is 0.316. The number of benzene rings is 1. The third-order valence-corrected chi connectivity index (χ3v) is 2.79. The molecule has 1 aromatic carbocycles. The summed E-state index contributed by atoms with van der Waals surface area (Å²) in [5.74, 6) is 0. The summed E-state index contributed by atoms with van der Waals surface area (Å²) < 4.78 is 0.369. The van der Waals surface area contributed by atoms with Gasteiger partial charge in [0.05, 0.1) is 5.02 Å². The summed E-state index contributed by atoms with van der Waals surface area (Å²) in [5.41, 5.74) is 2.12. The number of pyridine rings is 1. The average molecular weight is 247 g/mol. The van der Waals surface area contributed by atoms with Gasteiger partial charge < -0.3 is 4.98 Å². The Balaban J connectivity index is 2.63. The Hall–Kier alpha value is -1.63. The molecular weight excluding hydrogens is 240 g/mol. The van der Waals surface area contributed by atoms with Crippen LogP contribution in [0.2, 0.25) is 5.02 Å². The van der Waals surface area contributed by atoms with Crippen molar-refractivity contribution in [3.8, 4) is 17.3 Å². The van der Waals surface area contributed by atoms with Crippen LogP contribution in [0.3, 0.4) is 0 Å². The number of hydrogen-bond donors (Lipinski definition) is 1. The molecule has 0 spiro atoms. The molecule has 2 nitrogen and oxygen atoms in total. The molecular formula is C12H7ClN2S. The van der Waals surface area contributed by atoms with Crippen molar-refractivity contribution < 1.29 is 0 Å². The number of hydrogen-bond acceptors (Lipinski definition) is 2. The lowest BCUT2D eigenvalue weighted by molar-refractivity contribution is 1.27. The van der Waals surface area contributed by atoms with Crippen molar-refractivity contribution >= 4 is 23.8 Å². The first-order valence-electron chi connectivity index (χ1n) is 4.60. The molecule has 2 rings (SSSR count). The molecule has 1 heterocycles. The van der Waals surface area contributed by atoms with Gasteiger partial charge in [-0.3, -0.25) is 0 Å². The van der Waals surface area contributed by atoms with E-state index in [-0.39, 0.29) is 0 Å². The third-order valence-electron chi connectivity index (χ3n) is 2.18. The van der Waals surface area contributed by atoms with E-state index >= 15 is 0 Å². The maximum atomic E-state index is 8.84. The predicted octanol–water partition coefficient (Wildman–Crippen LogP) is 3.94. The van der Waals surface area contributed by atoms with Crippen LogP contribution in [0.15, 0.2) is 36.4 Å². The highest BCUT2D eigenvalue weighted by Gasteiger charge is 2.05. The first-order valence-corrected chi connectivity index (χ1v) is 5.39. The van der Waals surface area contributed by atoms with Gasteiger partial charge in [-0.1, -0.05) is 54.2 Å². The van der Waals surface area contributed by atoms with Crippen LogP contribution in [0.1, 0.15) is 5.56 Å². The predicted molar refractivity (Wildman–Crippen MR) is 66.8 cm³/mol. The molecule has 0 unspecified atom stereocenters. The number of aromatic nitrogens is 1. The first kappa shape index (κ1) is 10.9. The summed E-state index contributed by atoms with van der Waals surface area (Å²) in [5, 5.41) is 9.22. The van der Waals surface area contributed by atoms with Crippen molar-refractivity contribution in [3.05, 3.63) is 51.6 Å². The van der Waals surface area contributed by atoms with Crippen molar-refractivity contribution in [1.29, 1.82) is 5.26 Å². The fraction of sp³-hybridized carbons (Fsp3) is 0. The van der Waals surface area contributed by atoms with Crippen LogP contribution in [0, 0.1) is 16.0 Å². The Labute approximate surface area is 103 Å². The number of H-pyrrole nitrogens is 1. The molecule has 0 aliphatic carbocycles. The smallest absolute Gasteiger partial charge is 0.123 e. The van der Waals surface area contributed by atoms with E-state index in [1.807, 2.05) is 36.4 Å². The summed E-state index contributed by atoms with van der Waals surface area (Å²) in [6.07, 6.45) is 0. The van der Waals surface area contributed by atoms with Crippen molar-refractivity contribution in [1.82, 2.24) is 4.98 Å². The molecule has 0 saturated heterocycles. The van der Waals surface area contributed by atoms with E-state index in [4.69, 9.17) is 29.1 Å². The van der Waals surface area contributed by atoms with Crippen LogP contribution < -0.4 is 0 Å². The van der Waals surface area contributed by atoms with E-state index in [1.165, 1.54) is 0 Å². The maximum Gasteiger partial charge on any atom is 0.123 e. The van der Waals surface area contributed by atoms with E-state index < -0.39 is 0 Å². The molecule has 0 amide bonds. The van der Waals surface area contributed by atoms with Crippen LogP contribution >= 0.6 is 23.8 Å². The zero-order chi connectivity index (χ0) is 11.5. The normalized spacial score (nSPS) is 9.75. The van der Waals surface area contributed by atoms with Crippen molar-refractivity contribution in [3.63, 3.8) is 0 Å². The van der Waals surface area contributed by atoms with E-state index in [2.05, 4.69) is 4.98 Å². The fourth-order valence-electron chi connectivity index (χ4n) is 1.41. The van der Waals surface area contributed by atoms with Crippen LogP contribution in [0.5, 0.6) is 0 Å². The number of nitriles is 1. The summed E-state index contributed by atoms with van der Waals surface area (Å²) in [7, 11) is 0. The quantitative estimate of drug-likeness (QED) is 0.775. The van der Waals surface area contributed by atoms with Gasteiger partial charge in [0.2, 0.25) is 0 Å². The zero-order valence-electron chi connectivity index (χ0n) is 8.20. The second kappa shape index (κ2) is 4.48. The number of nitrogens with zero attached hydrogens (tertiary/aromatic N) is 1. The Morgan fingerprint density at radius 3 is 2.50 bits per heavy atom. The van der Waals surface area contributed by atoms with Crippen LogP contribution in [-0.4, -0.2) is 4.98 Å². The molecule has 0 fully saturated rings. The number of rotatable bonds is 1. The molecule has 1 N–H and O–H groups in total. The van der Waals surface area contributed by atoms with Crippen LogP contribution in [0.4, 0.5) is 0 Å². The monoisotopic (exact) mass is 246 g/mol. The zero-order valence-corrected chi connectivity index (χ0v) is 9.77. The van der Waals surface area contributed by atoms with Gasteiger partial charge in [-0.05, 0) is 11.6 Å². The van der Waals surface area contributed by atoms with E-state index in [1.54, 1.807) is 6.07 Å². The highest BCUT2D eigenvalue weighted by Crippen LogP contribution is 2.23. The number of halogens is 1. The molecule has 4 heteroatoms. The SMILES string of the molecule is N#Cc1c(Cl)cc(-c2ccccc2)[nH]c1=S. The molecule has 1 aromatic heterocycles. The molecule has 0 aliphatic heterocycles. The van der Waals surface area contributed by atoms with Gasteiger partial charge >= 0.3 is 0 Å². The van der Waals surface area contributed by atoms with Gasteiger partial charge in [-0.2, -0.15) is 5.26 Å². The second-order valence-corrected chi connectivity index (χ2v) is 4.03. The highest BCUT2D eigenvalue weighted by molar-refractivity contribution is 7.71. The molecule has 0 radical (unpaired) electrons. The molecule has 2 aromatic rings. The maximum absolute atomic E-state index is 8.84. The second-order valence-electron chi connectivity index (χ2n) is 3.21. The van der Waals surface area contributed by atoms with Gasteiger partial charge in [0.1, 0.15) is 16.3 Å². The van der Waals surface area contributed by atoms with Crippen molar-refractivity contribution in [2.75, 3.05) is 0 Å². The molecule has 16 heavy (non-hydrogen) atoms. The Bertz CT molecular complexity index is 611. The summed E-state index contributed by atoms with van der Waals surface area (Å²) >= 11 is 11.0. The van der Waals surface area contributed by atoms with E-state index in [0.29, 0.717) is 15.2 Å². The van der Waals surface area contributed by atoms with Crippen LogP contribution in [-0.2, 0) is 0 Å². The molecule has 0 saturated carbocycles. The van der Waals surface area contributed by atoms with Gasteiger partial charge in [0.15, 0.2) is 0 Å². The Morgan fingerprint density at radius 1 is 1.25 bits per heavy atom. The highest BCUT2D eigenvalue weighted by atomic mass is 35.5. The molecule has 0 bridgehead atoms. The van der Waals surface area contributed by atoms with E-state index in [9.17, 15) is 0 Å². The van der Waals surface area contributed by atoms with Crippen molar-refractivity contribution in [2.45, 2.75) is 0 Å². The average Bonchev–Trinajstić information content (AvgIpc) is 2.30. The Kier molecular flexibility index (Phi) is 3.04. The minimum Gasteiger partial charge on any atom is -0.345 e. The van der Waals surface area contributed by atoms with Gasteiger partial charge in [0, 0.05) is 5.69 Å². The largest absolute Gasteiger partial charge is 0.345 e. The molecule has 78 valence electrons. The number of aromatic amines is 1. The summed E-state index contributed by atoms with van der Waals surface area (Å²) in [6.45, 7) is 0.